The molecule has 2 N–H and O–H groups in total. The molecule has 4 amide bonds. The molecular formula is C19H19N3O5. The maximum Gasteiger partial charge on any atom is 0.324 e. The van der Waals surface area contributed by atoms with E-state index < -0.39 is 6.03 Å². The van der Waals surface area contributed by atoms with Gasteiger partial charge in [-0.15, -0.1) is 0 Å². The van der Waals surface area contributed by atoms with Crippen LogP contribution >= 0.6 is 0 Å². The summed E-state index contributed by atoms with van der Waals surface area (Å²) in [4.78, 5) is 37.1. The Labute approximate surface area is 156 Å². The van der Waals surface area contributed by atoms with Crippen molar-refractivity contribution in [2.24, 2.45) is 0 Å². The van der Waals surface area contributed by atoms with Gasteiger partial charge in [0.05, 0.1) is 32.9 Å². The van der Waals surface area contributed by atoms with E-state index in [9.17, 15) is 14.4 Å². The van der Waals surface area contributed by atoms with Crippen LogP contribution in [0.2, 0.25) is 0 Å². The number of amides is 4. The summed E-state index contributed by atoms with van der Waals surface area (Å²) >= 11 is 0. The van der Waals surface area contributed by atoms with Gasteiger partial charge in [-0.25, -0.2) is 4.79 Å². The molecule has 1 aliphatic heterocycles. The predicted molar refractivity (Wildman–Crippen MR) is 97.9 cm³/mol. The van der Waals surface area contributed by atoms with E-state index >= 15 is 0 Å². The van der Waals surface area contributed by atoms with Crippen LogP contribution < -0.4 is 20.1 Å². The highest BCUT2D eigenvalue weighted by atomic mass is 16.5. The lowest BCUT2D eigenvalue weighted by molar-refractivity contribution is -0.125. The minimum Gasteiger partial charge on any atom is -0.497 e. The first-order chi connectivity index (χ1) is 13.0. The summed E-state index contributed by atoms with van der Waals surface area (Å²) in [6.07, 6.45) is 0. The Morgan fingerprint density at radius 2 is 1.96 bits per heavy atom. The van der Waals surface area contributed by atoms with Crippen LogP contribution in [0.15, 0.2) is 42.5 Å². The van der Waals surface area contributed by atoms with E-state index in [0.717, 1.165) is 10.5 Å². The van der Waals surface area contributed by atoms with Gasteiger partial charge in [0.1, 0.15) is 11.5 Å². The molecule has 140 valence electrons. The van der Waals surface area contributed by atoms with E-state index in [1.165, 1.54) is 14.2 Å². The first-order valence-corrected chi connectivity index (χ1v) is 8.22. The SMILES string of the molecule is COc1ccc(C(=O)Nc2cccc(CN3C(=O)CNC3=O)c2)c(OC)c1. The lowest BCUT2D eigenvalue weighted by atomic mass is 10.1. The van der Waals surface area contributed by atoms with Crippen LogP contribution in [0.1, 0.15) is 15.9 Å². The number of imide groups is 1. The Morgan fingerprint density at radius 3 is 2.63 bits per heavy atom. The number of carbonyl (C=O) groups is 3. The van der Waals surface area contributed by atoms with Crippen molar-refractivity contribution >= 4 is 23.5 Å². The van der Waals surface area contributed by atoms with Gasteiger partial charge >= 0.3 is 6.03 Å². The molecule has 1 heterocycles. The van der Waals surface area contributed by atoms with Gasteiger partial charge in [-0.3, -0.25) is 14.5 Å². The first-order valence-electron chi connectivity index (χ1n) is 8.22. The van der Waals surface area contributed by atoms with Crippen molar-refractivity contribution in [2.75, 3.05) is 26.1 Å². The molecule has 1 aliphatic rings. The fourth-order valence-corrected chi connectivity index (χ4v) is 2.73. The molecule has 2 aromatic rings. The summed E-state index contributed by atoms with van der Waals surface area (Å²) in [5, 5.41) is 5.27. The van der Waals surface area contributed by atoms with Gasteiger partial charge in [-0.2, -0.15) is 0 Å². The molecular weight excluding hydrogens is 350 g/mol. The van der Waals surface area contributed by atoms with Gasteiger partial charge in [0.25, 0.3) is 5.91 Å². The number of methoxy groups -OCH3 is 2. The van der Waals surface area contributed by atoms with Gasteiger partial charge in [0, 0.05) is 11.8 Å². The molecule has 0 saturated carbocycles. The summed E-state index contributed by atoms with van der Waals surface area (Å²) in [5.41, 5.74) is 1.63. The van der Waals surface area contributed by atoms with Crippen molar-refractivity contribution < 1.29 is 23.9 Å². The van der Waals surface area contributed by atoms with Crippen molar-refractivity contribution in [2.45, 2.75) is 6.54 Å². The third kappa shape index (κ3) is 4.00. The fourth-order valence-electron chi connectivity index (χ4n) is 2.73. The Kier molecular flexibility index (Phi) is 5.25. The average molecular weight is 369 g/mol. The third-order valence-corrected chi connectivity index (χ3v) is 4.12. The maximum atomic E-state index is 12.6. The Hall–Kier alpha value is -3.55. The number of nitrogens with one attached hydrogen (secondary N) is 2. The number of ether oxygens (including phenoxy) is 2. The summed E-state index contributed by atoms with van der Waals surface area (Å²) in [5.74, 6) is 0.348. The highest BCUT2D eigenvalue weighted by Crippen LogP contribution is 2.25. The Balaban J connectivity index is 1.75. The Bertz CT molecular complexity index is 881. The summed E-state index contributed by atoms with van der Waals surface area (Å²) in [6.45, 7) is 0.146. The molecule has 0 aromatic heterocycles. The van der Waals surface area contributed by atoms with Crippen molar-refractivity contribution in [1.82, 2.24) is 10.2 Å². The minimum atomic E-state index is -0.419. The molecule has 3 rings (SSSR count). The predicted octanol–water partition coefficient (Wildman–Crippen LogP) is 2.01. The highest BCUT2D eigenvalue weighted by Gasteiger charge is 2.28. The van der Waals surface area contributed by atoms with Crippen molar-refractivity contribution in [3.05, 3.63) is 53.6 Å². The lowest BCUT2D eigenvalue weighted by Crippen LogP contribution is -2.30. The van der Waals surface area contributed by atoms with Crippen LogP contribution in [-0.2, 0) is 11.3 Å². The average Bonchev–Trinajstić information content (AvgIpc) is 2.99. The molecule has 2 aromatic carbocycles. The zero-order valence-corrected chi connectivity index (χ0v) is 14.9. The third-order valence-electron chi connectivity index (χ3n) is 4.12. The summed E-state index contributed by atoms with van der Waals surface area (Å²) in [7, 11) is 3.01. The van der Waals surface area contributed by atoms with E-state index in [0.29, 0.717) is 22.7 Å². The molecule has 0 spiro atoms. The number of hydrogen-bond acceptors (Lipinski definition) is 5. The second-order valence-electron chi connectivity index (χ2n) is 5.86. The smallest absolute Gasteiger partial charge is 0.324 e. The molecule has 8 nitrogen and oxygen atoms in total. The minimum absolute atomic E-state index is 0.00647. The van der Waals surface area contributed by atoms with Crippen LogP contribution in [0, 0.1) is 0 Å². The molecule has 1 saturated heterocycles. The van der Waals surface area contributed by atoms with E-state index in [-0.39, 0.29) is 24.9 Å². The number of nitrogens with zero attached hydrogens (tertiary/aromatic N) is 1. The number of rotatable bonds is 6. The second kappa shape index (κ2) is 7.77. The standard InChI is InChI=1S/C19H19N3O5/c1-26-14-6-7-15(16(9-14)27-2)18(24)21-13-5-3-4-12(8-13)11-22-17(23)10-20-19(22)25/h3-9H,10-11H2,1-2H3,(H,20,25)(H,21,24). The topological polar surface area (TPSA) is 97.0 Å². The van der Waals surface area contributed by atoms with E-state index in [1.807, 2.05) is 0 Å². The molecule has 27 heavy (non-hydrogen) atoms. The normalized spacial score (nSPS) is 13.3. The molecule has 8 heteroatoms. The monoisotopic (exact) mass is 369 g/mol. The van der Waals surface area contributed by atoms with Crippen LogP contribution in [0.4, 0.5) is 10.5 Å². The van der Waals surface area contributed by atoms with Gasteiger partial charge in [-0.05, 0) is 29.8 Å². The van der Waals surface area contributed by atoms with Gasteiger partial charge in [0.15, 0.2) is 0 Å². The van der Waals surface area contributed by atoms with Crippen LogP contribution in [0.25, 0.3) is 0 Å². The van der Waals surface area contributed by atoms with Crippen molar-refractivity contribution in [3.63, 3.8) is 0 Å². The number of anilines is 1. The zero-order chi connectivity index (χ0) is 19.4. The fraction of sp³-hybridized carbons (Fsp3) is 0.211. The molecule has 0 radical (unpaired) electrons. The van der Waals surface area contributed by atoms with Crippen molar-refractivity contribution in [1.29, 1.82) is 0 Å². The van der Waals surface area contributed by atoms with E-state index in [1.54, 1.807) is 42.5 Å². The highest BCUT2D eigenvalue weighted by molar-refractivity contribution is 6.06. The van der Waals surface area contributed by atoms with Crippen LogP contribution in [-0.4, -0.2) is 43.5 Å². The van der Waals surface area contributed by atoms with Crippen LogP contribution in [0.3, 0.4) is 0 Å². The van der Waals surface area contributed by atoms with Gasteiger partial charge in [-0.1, -0.05) is 12.1 Å². The van der Waals surface area contributed by atoms with Crippen molar-refractivity contribution in [3.8, 4) is 11.5 Å². The van der Waals surface area contributed by atoms with Crippen LogP contribution in [0.5, 0.6) is 11.5 Å². The number of hydrogen-bond donors (Lipinski definition) is 2. The lowest BCUT2D eigenvalue weighted by Gasteiger charge is -2.14. The molecule has 0 aliphatic carbocycles. The quantitative estimate of drug-likeness (QED) is 0.759. The number of carbonyl (C=O) groups excluding carboxylic acids is 3. The first kappa shape index (κ1) is 18.2. The summed E-state index contributed by atoms with van der Waals surface area (Å²) < 4.78 is 10.4. The molecule has 0 bridgehead atoms. The zero-order valence-electron chi connectivity index (χ0n) is 14.9. The second-order valence-corrected chi connectivity index (χ2v) is 5.86. The largest absolute Gasteiger partial charge is 0.497 e. The maximum absolute atomic E-state index is 12.6. The van der Waals surface area contributed by atoms with Gasteiger partial charge < -0.3 is 20.1 Å². The molecule has 0 unspecified atom stereocenters. The van der Waals surface area contributed by atoms with E-state index in [4.69, 9.17) is 9.47 Å². The Morgan fingerprint density at radius 1 is 1.15 bits per heavy atom. The van der Waals surface area contributed by atoms with Gasteiger partial charge in [0.2, 0.25) is 5.91 Å². The molecule has 1 fully saturated rings. The number of benzene rings is 2. The number of urea groups is 1. The molecule has 0 atom stereocenters. The van der Waals surface area contributed by atoms with E-state index in [2.05, 4.69) is 10.6 Å². The summed E-state index contributed by atoms with van der Waals surface area (Å²) in [6, 6.07) is 11.5.